The van der Waals surface area contributed by atoms with Gasteiger partial charge in [-0.3, -0.25) is 10.1 Å². The highest BCUT2D eigenvalue weighted by Crippen LogP contribution is 2.27. The normalized spacial score (nSPS) is 12.4. The maximum Gasteiger partial charge on any atom is 0.239 e. The molecule has 0 saturated heterocycles. The summed E-state index contributed by atoms with van der Waals surface area (Å²) in [5, 5.41) is 7.74. The van der Waals surface area contributed by atoms with Gasteiger partial charge in [0, 0.05) is 13.6 Å². The van der Waals surface area contributed by atoms with Crippen LogP contribution < -0.4 is 15.8 Å². The first-order chi connectivity index (χ1) is 11.0. The SMILES string of the molecule is COc1c(CN[C@@H](C(N)=O)c2ccccc2)c(C(C)C)nn1C. The molecule has 2 rings (SSSR count). The van der Waals surface area contributed by atoms with Crippen LogP contribution in [0.25, 0.3) is 0 Å². The monoisotopic (exact) mass is 316 g/mol. The van der Waals surface area contributed by atoms with Crippen molar-refractivity contribution < 1.29 is 9.53 Å². The molecule has 0 aliphatic rings. The van der Waals surface area contributed by atoms with Crippen LogP contribution in [-0.4, -0.2) is 22.8 Å². The van der Waals surface area contributed by atoms with Crippen LogP contribution in [0.3, 0.4) is 0 Å². The summed E-state index contributed by atoms with van der Waals surface area (Å²) in [7, 11) is 3.46. The third-order valence-corrected chi connectivity index (χ3v) is 3.76. The van der Waals surface area contributed by atoms with Gasteiger partial charge in [-0.15, -0.1) is 0 Å². The van der Waals surface area contributed by atoms with E-state index in [1.54, 1.807) is 11.8 Å². The van der Waals surface area contributed by atoms with E-state index >= 15 is 0 Å². The number of hydrogen-bond acceptors (Lipinski definition) is 4. The van der Waals surface area contributed by atoms with Crippen molar-refractivity contribution in [3.05, 3.63) is 47.2 Å². The lowest BCUT2D eigenvalue weighted by Crippen LogP contribution is -2.33. The van der Waals surface area contributed by atoms with Gasteiger partial charge in [-0.25, -0.2) is 4.68 Å². The van der Waals surface area contributed by atoms with E-state index < -0.39 is 11.9 Å². The second-order valence-electron chi connectivity index (χ2n) is 5.78. The van der Waals surface area contributed by atoms with Gasteiger partial charge in [-0.1, -0.05) is 44.2 Å². The number of amides is 1. The van der Waals surface area contributed by atoms with Crippen LogP contribution in [-0.2, 0) is 18.4 Å². The molecule has 1 aromatic carbocycles. The fourth-order valence-electron chi connectivity index (χ4n) is 2.69. The lowest BCUT2D eigenvalue weighted by atomic mass is 10.0. The molecule has 3 N–H and O–H groups in total. The van der Waals surface area contributed by atoms with Crippen LogP contribution in [0, 0.1) is 0 Å². The van der Waals surface area contributed by atoms with Gasteiger partial charge in [0.25, 0.3) is 0 Å². The second-order valence-corrected chi connectivity index (χ2v) is 5.78. The van der Waals surface area contributed by atoms with Crippen LogP contribution in [0.15, 0.2) is 30.3 Å². The maximum absolute atomic E-state index is 11.8. The highest BCUT2D eigenvalue weighted by molar-refractivity contribution is 5.81. The number of benzene rings is 1. The van der Waals surface area contributed by atoms with Crippen LogP contribution in [0.2, 0.25) is 0 Å². The summed E-state index contributed by atoms with van der Waals surface area (Å²) >= 11 is 0. The molecule has 2 aromatic rings. The standard InChI is InChI=1S/C17H24N4O2/c1-11(2)14-13(17(23-4)21(3)20-14)10-19-15(16(18)22)12-8-6-5-7-9-12/h5-9,11,15,19H,10H2,1-4H3,(H2,18,22)/t15-/m1/s1. The summed E-state index contributed by atoms with van der Waals surface area (Å²) < 4.78 is 7.17. The van der Waals surface area contributed by atoms with Gasteiger partial charge < -0.3 is 10.5 Å². The zero-order valence-corrected chi connectivity index (χ0v) is 14.0. The van der Waals surface area contributed by atoms with Crippen LogP contribution in [0.5, 0.6) is 5.88 Å². The minimum atomic E-state index is -0.555. The van der Waals surface area contributed by atoms with E-state index in [4.69, 9.17) is 10.5 Å². The molecule has 1 amide bonds. The van der Waals surface area contributed by atoms with E-state index in [1.807, 2.05) is 37.4 Å². The van der Waals surface area contributed by atoms with Crippen molar-refractivity contribution in [3.8, 4) is 5.88 Å². The number of aryl methyl sites for hydroxylation is 1. The van der Waals surface area contributed by atoms with Crippen molar-refractivity contribution in [2.75, 3.05) is 7.11 Å². The van der Waals surface area contributed by atoms with Gasteiger partial charge >= 0.3 is 0 Å². The Labute approximate surface area is 136 Å². The number of aromatic nitrogens is 2. The highest BCUT2D eigenvalue weighted by atomic mass is 16.5. The first kappa shape index (κ1) is 17.0. The van der Waals surface area contributed by atoms with E-state index in [0.29, 0.717) is 12.4 Å². The van der Waals surface area contributed by atoms with Gasteiger partial charge in [-0.2, -0.15) is 5.10 Å². The van der Waals surface area contributed by atoms with Gasteiger partial charge in [0.15, 0.2) is 0 Å². The molecule has 0 aliphatic carbocycles. The zero-order valence-electron chi connectivity index (χ0n) is 14.0. The molecule has 124 valence electrons. The molecule has 0 bridgehead atoms. The average molecular weight is 316 g/mol. The van der Waals surface area contributed by atoms with Gasteiger partial charge in [0.05, 0.1) is 18.4 Å². The Hall–Kier alpha value is -2.34. The van der Waals surface area contributed by atoms with Crippen molar-refractivity contribution in [1.82, 2.24) is 15.1 Å². The van der Waals surface area contributed by atoms with Crippen LogP contribution in [0.1, 0.15) is 42.6 Å². The zero-order chi connectivity index (χ0) is 17.0. The molecule has 1 atom stereocenters. The first-order valence-corrected chi connectivity index (χ1v) is 7.63. The third kappa shape index (κ3) is 3.71. The summed E-state index contributed by atoms with van der Waals surface area (Å²) in [5.74, 6) is 0.535. The van der Waals surface area contributed by atoms with Gasteiger partial charge in [0.1, 0.15) is 6.04 Å². The van der Waals surface area contributed by atoms with Crippen molar-refractivity contribution >= 4 is 5.91 Å². The molecule has 6 heteroatoms. The molecule has 0 spiro atoms. The Bertz CT molecular complexity index is 665. The van der Waals surface area contributed by atoms with Crippen molar-refractivity contribution in [3.63, 3.8) is 0 Å². The Balaban J connectivity index is 2.26. The van der Waals surface area contributed by atoms with Crippen molar-refractivity contribution in [2.45, 2.75) is 32.4 Å². The number of methoxy groups -OCH3 is 1. The van der Waals surface area contributed by atoms with Crippen LogP contribution >= 0.6 is 0 Å². The molecule has 0 fully saturated rings. The number of nitrogens with one attached hydrogen (secondary N) is 1. The number of ether oxygens (including phenoxy) is 1. The second kappa shape index (κ2) is 7.28. The molecular formula is C17H24N4O2. The minimum Gasteiger partial charge on any atom is -0.481 e. The van der Waals surface area contributed by atoms with E-state index in [-0.39, 0.29) is 5.92 Å². The van der Waals surface area contributed by atoms with Crippen LogP contribution in [0.4, 0.5) is 0 Å². The molecule has 1 heterocycles. The molecule has 23 heavy (non-hydrogen) atoms. The molecular weight excluding hydrogens is 292 g/mol. The Morgan fingerprint density at radius 3 is 2.52 bits per heavy atom. The van der Waals surface area contributed by atoms with E-state index in [0.717, 1.165) is 16.8 Å². The Kier molecular flexibility index (Phi) is 5.39. The fraction of sp³-hybridized carbons (Fsp3) is 0.412. The van der Waals surface area contributed by atoms with E-state index in [1.165, 1.54) is 0 Å². The molecule has 0 unspecified atom stereocenters. The maximum atomic E-state index is 11.8. The number of hydrogen-bond donors (Lipinski definition) is 2. The summed E-state index contributed by atoms with van der Waals surface area (Å²) in [6, 6.07) is 8.89. The number of carbonyl (C=O) groups is 1. The highest BCUT2D eigenvalue weighted by Gasteiger charge is 2.22. The number of nitrogens with two attached hydrogens (primary N) is 1. The summed E-state index contributed by atoms with van der Waals surface area (Å²) in [4.78, 5) is 11.8. The predicted octanol–water partition coefficient (Wildman–Crippen LogP) is 1.87. The van der Waals surface area contributed by atoms with Gasteiger partial charge in [-0.05, 0) is 11.5 Å². The molecule has 6 nitrogen and oxygen atoms in total. The summed E-state index contributed by atoms with van der Waals surface area (Å²) in [6.45, 7) is 4.61. The quantitative estimate of drug-likeness (QED) is 0.817. The Morgan fingerprint density at radius 1 is 1.35 bits per heavy atom. The first-order valence-electron chi connectivity index (χ1n) is 7.63. The lowest BCUT2D eigenvalue weighted by Gasteiger charge is -2.17. The minimum absolute atomic E-state index is 0.255. The third-order valence-electron chi connectivity index (χ3n) is 3.76. The Morgan fingerprint density at radius 2 is 2.00 bits per heavy atom. The largest absolute Gasteiger partial charge is 0.481 e. The van der Waals surface area contributed by atoms with E-state index in [9.17, 15) is 4.79 Å². The fourth-order valence-corrected chi connectivity index (χ4v) is 2.69. The average Bonchev–Trinajstić information content (AvgIpc) is 2.84. The number of carbonyl (C=O) groups excluding carboxylic acids is 1. The van der Waals surface area contributed by atoms with E-state index in [2.05, 4.69) is 24.3 Å². The molecule has 0 radical (unpaired) electrons. The molecule has 0 saturated carbocycles. The predicted molar refractivity (Wildman–Crippen MR) is 89.1 cm³/mol. The molecule has 1 aromatic heterocycles. The smallest absolute Gasteiger partial charge is 0.239 e. The number of rotatable bonds is 7. The number of primary amides is 1. The topological polar surface area (TPSA) is 82.2 Å². The molecule has 0 aliphatic heterocycles. The van der Waals surface area contributed by atoms with Crippen molar-refractivity contribution in [2.24, 2.45) is 12.8 Å². The van der Waals surface area contributed by atoms with Crippen molar-refractivity contribution in [1.29, 1.82) is 0 Å². The summed E-state index contributed by atoms with van der Waals surface area (Å²) in [5.41, 5.74) is 8.30. The van der Waals surface area contributed by atoms with Gasteiger partial charge in [0.2, 0.25) is 11.8 Å². The lowest BCUT2D eigenvalue weighted by molar-refractivity contribution is -0.120. The number of nitrogens with zero attached hydrogens (tertiary/aromatic N) is 2. The summed E-state index contributed by atoms with van der Waals surface area (Å²) in [6.07, 6.45) is 0.